The second-order valence-electron chi connectivity index (χ2n) is 4.76. The Kier molecular flexibility index (Phi) is 4.86. The number of aliphatic hydroxyl groups is 1. The van der Waals surface area contributed by atoms with Crippen molar-refractivity contribution in [2.45, 2.75) is 13.3 Å². The smallest absolute Gasteiger partial charge is 0.263 e. The van der Waals surface area contributed by atoms with E-state index in [-0.39, 0.29) is 18.4 Å². The Labute approximate surface area is 121 Å². The lowest BCUT2D eigenvalue weighted by molar-refractivity contribution is 0.0949. The third-order valence-electron chi connectivity index (χ3n) is 2.91. The van der Waals surface area contributed by atoms with Gasteiger partial charge in [0.05, 0.1) is 12.4 Å². The van der Waals surface area contributed by atoms with Crippen LogP contribution in [0.5, 0.6) is 0 Å². The Bertz CT molecular complexity index is 578. The fourth-order valence-corrected chi connectivity index (χ4v) is 2.53. The van der Waals surface area contributed by atoms with Gasteiger partial charge in [-0.2, -0.15) is 5.10 Å². The van der Waals surface area contributed by atoms with Gasteiger partial charge in [0.15, 0.2) is 0 Å². The maximum absolute atomic E-state index is 12.0. The number of amides is 1. The van der Waals surface area contributed by atoms with Crippen molar-refractivity contribution < 1.29 is 9.90 Å². The van der Waals surface area contributed by atoms with Crippen LogP contribution in [0.15, 0.2) is 18.6 Å². The molecule has 1 amide bonds. The molecule has 2 N–H and O–H groups in total. The summed E-state index contributed by atoms with van der Waals surface area (Å²) < 4.78 is 1.70. The number of carbonyl (C=O) groups excluding carboxylic acids is 1. The van der Waals surface area contributed by atoms with Gasteiger partial charge in [-0.25, -0.2) is 4.98 Å². The lowest BCUT2D eigenvalue weighted by Gasteiger charge is -2.09. The predicted octanol–water partition coefficient (Wildman–Crippen LogP) is 1.29. The number of carbonyl (C=O) groups is 1. The Morgan fingerprint density at radius 3 is 3.00 bits per heavy atom. The summed E-state index contributed by atoms with van der Waals surface area (Å²) in [5, 5.41) is 16.5. The SMILES string of the molecule is CC(CCO)CNC(=O)c1cnc(-c2cnn(C)c2)s1. The first-order chi connectivity index (χ1) is 9.60. The van der Waals surface area contributed by atoms with Gasteiger partial charge in [0.25, 0.3) is 5.91 Å². The average molecular weight is 294 g/mol. The number of thiazole rings is 1. The van der Waals surface area contributed by atoms with Crippen molar-refractivity contribution in [3.63, 3.8) is 0 Å². The van der Waals surface area contributed by atoms with Crippen molar-refractivity contribution in [2.75, 3.05) is 13.2 Å². The van der Waals surface area contributed by atoms with Crippen molar-refractivity contribution in [3.8, 4) is 10.6 Å². The van der Waals surface area contributed by atoms with Gasteiger partial charge in [-0.3, -0.25) is 9.48 Å². The molecular formula is C13H18N4O2S. The lowest BCUT2D eigenvalue weighted by Crippen LogP contribution is -2.28. The van der Waals surface area contributed by atoms with Crippen LogP contribution in [-0.2, 0) is 7.05 Å². The van der Waals surface area contributed by atoms with E-state index in [1.807, 2.05) is 20.2 Å². The largest absolute Gasteiger partial charge is 0.396 e. The van der Waals surface area contributed by atoms with Gasteiger partial charge in [0, 0.05) is 32.0 Å². The van der Waals surface area contributed by atoms with Crippen LogP contribution < -0.4 is 5.32 Å². The van der Waals surface area contributed by atoms with Crippen molar-refractivity contribution in [1.82, 2.24) is 20.1 Å². The second-order valence-corrected chi connectivity index (χ2v) is 5.79. The molecule has 0 saturated carbocycles. The molecule has 0 radical (unpaired) electrons. The standard InChI is InChI=1S/C13H18N4O2S/c1-9(3-4-18)5-14-12(19)11-7-15-13(20-11)10-6-16-17(2)8-10/h6-9,18H,3-5H2,1-2H3,(H,14,19). The minimum absolute atomic E-state index is 0.123. The van der Waals surface area contributed by atoms with Crippen LogP contribution in [0, 0.1) is 5.92 Å². The van der Waals surface area contributed by atoms with Gasteiger partial charge in [-0.1, -0.05) is 6.92 Å². The molecule has 0 aliphatic carbocycles. The number of hydrogen-bond acceptors (Lipinski definition) is 5. The fraction of sp³-hybridized carbons (Fsp3) is 0.462. The van der Waals surface area contributed by atoms with Crippen LogP contribution in [-0.4, -0.2) is 38.9 Å². The third-order valence-corrected chi connectivity index (χ3v) is 3.96. The van der Waals surface area contributed by atoms with Crippen LogP contribution in [0.3, 0.4) is 0 Å². The molecule has 0 aromatic carbocycles. The average Bonchev–Trinajstić information content (AvgIpc) is 3.04. The van der Waals surface area contributed by atoms with Crippen LogP contribution in [0.2, 0.25) is 0 Å². The molecule has 0 spiro atoms. The molecule has 0 saturated heterocycles. The molecule has 2 aromatic rings. The zero-order valence-corrected chi connectivity index (χ0v) is 12.4. The summed E-state index contributed by atoms with van der Waals surface area (Å²) in [4.78, 5) is 16.8. The summed E-state index contributed by atoms with van der Waals surface area (Å²) in [7, 11) is 1.84. The summed E-state index contributed by atoms with van der Waals surface area (Å²) in [6.07, 6.45) is 5.86. The number of aromatic nitrogens is 3. The fourth-order valence-electron chi connectivity index (χ4n) is 1.72. The van der Waals surface area contributed by atoms with Gasteiger partial charge in [-0.05, 0) is 12.3 Å². The Balaban J connectivity index is 1.96. The van der Waals surface area contributed by atoms with E-state index in [2.05, 4.69) is 15.4 Å². The van der Waals surface area contributed by atoms with E-state index in [1.54, 1.807) is 17.1 Å². The highest BCUT2D eigenvalue weighted by Crippen LogP contribution is 2.24. The predicted molar refractivity (Wildman–Crippen MR) is 77.5 cm³/mol. The zero-order valence-electron chi connectivity index (χ0n) is 11.5. The molecule has 2 heterocycles. The van der Waals surface area contributed by atoms with E-state index in [9.17, 15) is 4.79 Å². The third kappa shape index (κ3) is 3.64. The number of aliphatic hydroxyl groups excluding tert-OH is 1. The van der Waals surface area contributed by atoms with E-state index in [4.69, 9.17) is 5.11 Å². The molecule has 0 bridgehead atoms. The van der Waals surface area contributed by atoms with E-state index in [0.29, 0.717) is 17.8 Å². The maximum atomic E-state index is 12.0. The summed E-state index contributed by atoms with van der Waals surface area (Å²) in [6.45, 7) is 2.69. The molecule has 2 aromatic heterocycles. The first-order valence-corrected chi connectivity index (χ1v) is 7.25. The zero-order chi connectivity index (χ0) is 14.5. The van der Waals surface area contributed by atoms with Crippen LogP contribution in [0.4, 0.5) is 0 Å². The molecule has 0 aliphatic rings. The molecule has 7 heteroatoms. The van der Waals surface area contributed by atoms with Crippen LogP contribution in [0.1, 0.15) is 23.0 Å². The summed E-state index contributed by atoms with van der Waals surface area (Å²) in [5.41, 5.74) is 0.908. The van der Waals surface area contributed by atoms with Gasteiger partial charge in [0.2, 0.25) is 0 Å². The monoisotopic (exact) mass is 294 g/mol. The van der Waals surface area contributed by atoms with Crippen molar-refractivity contribution >= 4 is 17.2 Å². The topological polar surface area (TPSA) is 80.0 Å². The van der Waals surface area contributed by atoms with E-state index in [0.717, 1.165) is 10.6 Å². The quantitative estimate of drug-likeness (QED) is 0.841. The van der Waals surface area contributed by atoms with Crippen molar-refractivity contribution in [2.24, 2.45) is 13.0 Å². The van der Waals surface area contributed by atoms with Crippen molar-refractivity contribution in [1.29, 1.82) is 0 Å². The molecular weight excluding hydrogens is 276 g/mol. The van der Waals surface area contributed by atoms with Crippen molar-refractivity contribution in [3.05, 3.63) is 23.5 Å². The van der Waals surface area contributed by atoms with E-state index in [1.165, 1.54) is 11.3 Å². The first kappa shape index (κ1) is 14.7. The summed E-state index contributed by atoms with van der Waals surface area (Å²) in [6, 6.07) is 0. The number of rotatable bonds is 6. The molecule has 2 rings (SSSR count). The highest BCUT2D eigenvalue weighted by atomic mass is 32.1. The first-order valence-electron chi connectivity index (χ1n) is 6.44. The number of nitrogens with zero attached hydrogens (tertiary/aromatic N) is 3. The maximum Gasteiger partial charge on any atom is 0.263 e. The van der Waals surface area contributed by atoms with Gasteiger partial charge in [0.1, 0.15) is 9.88 Å². The lowest BCUT2D eigenvalue weighted by atomic mass is 10.1. The molecule has 0 aliphatic heterocycles. The van der Waals surface area contributed by atoms with E-state index >= 15 is 0 Å². The Morgan fingerprint density at radius 1 is 1.55 bits per heavy atom. The highest BCUT2D eigenvalue weighted by Gasteiger charge is 2.13. The van der Waals surface area contributed by atoms with Gasteiger partial charge < -0.3 is 10.4 Å². The van der Waals surface area contributed by atoms with Crippen LogP contribution in [0.25, 0.3) is 10.6 Å². The summed E-state index contributed by atoms with van der Waals surface area (Å²) in [5.74, 6) is 0.136. The number of hydrogen-bond donors (Lipinski definition) is 2. The molecule has 108 valence electrons. The highest BCUT2D eigenvalue weighted by molar-refractivity contribution is 7.16. The Morgan fingerprint density at radius 2 is 2.35 bits per heavy atom. The molecule has 1 atom stereocenters. The molecule has 6 nitrogen and oxygen atoms in total. The molecule has 1 unspecified atom stereocenters. The second kappa shape index (κ2) is 6.62. The molecule has 20 heavy (non-hydrogen) atoms. The summed E-state index contributed by atoms with van der Waals surface area (Å²) >= 11 is 1.35. The number of nitrogens with one attached hydrogen (secondary N) is 1. The molecule has 0 fully saturated rings. The minimum Gasteiger partial charge on any atom is -0.396 e. The van der Waals surface area contributed by atoms with E-state index < -0.39 is 0 Å². The normalized spacial score (nSPS) is 12.3. The van der Waals surface area contributed by atoms with Crippen LogP contribution >= 0.6 is 11.3 Å². The van der Waals surface area contributed by atoms with Gasteiger partial charge in [-0.15, -0.1) is 11.3 Å². The number of aryl methyl sites for hydroxylation is 1. The minimum atomic E-state index is -0.123. The Hall–Kier alpha value is -1.73. The van der Waals surface area contributed by atoms with Gasteiger partial charge >= 0.3 is 0 Å².